The zero-order valence-electron chi connectivity index (χ0n) is 17.1. The van der Waals surface area contributed by atoms with Crippen LogP contribution in [0.2, 0.25) is 0 Å². The number of pyridine rings is 1. The number of hydrogen-bond donors (Lipinski definition) is 0. The zero-order chi connectivity index (χ0) is 19.6. The molecule has 0 radical (unpaired) electrons. The highest BCUT2D eigenvalue weighted by atomic mass is 16.5. The minimum Gasteiger partial charge on any atom is -0.490 e. The van der Waals surface area contributed by atoms with Crippen LogP contribution in [-0.2, 0) is 17.6 Å². The summed E-state index contributed by atoms with van der Waals surface area (Å²) in [4.78, 5) is 19.1. The van der Waals surface area contributed by atoms with Crippen molar-refractivity contribution in [2.45, 2.75) is 63.9 Å². The van der Waals surface area contributed by atoms with Crippen molar-refractivity contribution >= 4 is 5.91 Å². The SMILES string of the molecule is O=C(C1CCC1)N1CCC(Oc2ccc(-c3cnc4c(c3)CCCC4)cc2)CC1. The highest BCUT2D eigenvalue weighted by Crippen LogP contribution is 2.30. The van der Waals surface area contributed by atoms with E-state index in [1.54, 1.807) is 0 Å². The number of piperidine rings is 1. The summed E-state index contributed by atoms with van der Waals surface area (Å²) in [6, 6.07) is 10.7. The van der Waals surface area contributed by atoms with Gasteiger partial charge in [-0.3, -0.25) is 9.78 Å². The van der Waals surface area contributed by atoms with Gasteiger partial charge in [-0.15, -0.1) is 0 Å². The van der Waals surface area contributed by atoms with E-state index in [1.165, 1.54) is 41.6 Å². The predicted molar refractivity (Wildman–Crippen MR) is 114 cm³/mol. The monoisotopic (exact) mass is 390 g/mol. The van der Waals surface area contributed by atoms with E-state index < -0.39 is 0 Å². The largest absolute Gasteiger partial charge is 0.490 e. The normalized spacial score (nSPS) is 20.1. The molecule has 1 amide bonds. The second-order valence-corrected chi connectivity index (χ2v) is 8.83. The molecule has 0 spiro atoms. The van der Waals surface area contributed by atoms with Crippen molar-refractivity contribution in [3.8, 4) is 16.9 Å². The van der Waals surface area contributed by atoms with E-state index in [4.69, 9.17) is 9.72 Å². The van der Waals surface area contributed by atoms with Crippen LogP contribution in [0.4, 0.5) is 0 Å². The van der Waals surface area contributed by atoms with Gasteiger partial charge in [0.1, 0.15) is 11.9 Å². The number of hydrogen-bond acceptors (Lipinski definition) is 3. The third kappa shape index (κ3) is 4.03. The van der Waals surface area contributed by atoms with Crippen molar-refractivity contribution in [3.63, 3.8) is 0 Å². The van der Waals surface area contributed by atoms with Gasteiger partial charge in [-0.1, -0.05) is 18.6 Å². The summed E-state index contributed by atoms with van der Waals surface area (Å²) in [6.45, 7) is 1.66. The number of carbonyl (C=O) groups is 1. The minimum absolute atomic E-state index is 0.205. The molecule has 29 heavy (non-hydrogen) atoms. The lowest BCUT2D eigenvalue weighted by Gasteiger charge is -2.36. The molecule has 4 heteroatoms. The number of fused-ring (bicyclic) bond motifs is 1. The highest BCUT2D eigenvalue weighted by Gasteiger charge is 2.32. The number of benzene rings is 1. The molecule has 5 rings (SSSR count). The molecule has 2 aromatic rings. The Morgan fingerprint density at radius 3 is 2.41 bits per heavy atom. The van der Waals surface area contributed by atoms with Gasteiger partial charge in [0, 0.05) is 49.3 Å². The van der Waals surface area contributed by atoms with Gasteiger partial charge in [0.25, 0.3) is 0 Å². The maximum Gasteiger partial charge on any atom is 0.225 e. The van der Waals surface area contributed by atoms with Gasteiger partial charge in [-0.2, -0.15) is 0 Å². The second-order valence-electron chi connectivity index (χ2n) is 8.83. The van der Waals surface area contributed by atoms with Crippen molar-refractivity contribution in [3.05, 3.63) is 47.8 Å². The van der Waals surface area contributed by atoms with E-state index >= 15 is 0 Å². The Balaban J connectivity index is 1.18. The highest BCUT2D eigenvalue weighted by molar-refractivity contribution is 5.79. The first-order valence-corrected chi connectivity index (χ1v) is 11.3. The molecule has 2 fully saturated rings. The number of rotatable bonds is 4. The number of nitrogens with zero attached hydrogens (tertiary/aromatic N) is 2. The molecule has 1 saturated heterocycles. The Morgan fingerprint density at radius 1 is 0.931 bits per heavy atom. The Morgan fingerprint density at radius 2 is 1.69 bits per heavy atom. The summed E-state index contributed by atoms with van der Waals surface area (Å²) >= 11 is 0. The summed E-state index contributed by atoms with van der Waals surface area (Å²) in [5.74, 6) is 1.60. The van der Waals surface area contributed by atoms with Gasteiger partial charge < -0.3 is 9.64 Å². The van der Waals surface area contributed by atoms with Gasteiger partial charge >= 0.3 is 0 Å². The molecule has 0 unspecified atom stereocenters. The molecule has 4 nitrogen and oxygen atoms in total. The van der Waals surface area contributed by atoms with Crippen molar-refractivity contribution in [2.24, 2.45) is 5.92 Å². The average molecular weight is 391 g/mol. The maximum absolute atomic E-state index is 12.4. The number of ether oxygens (including phenoxy) is 1. The lowest BCUT2D eigenvalue weighted by Crippen LogP contribution is -2.45. The first-order valence-electron chi connectivity index (χ1n) is 11.3. The molecule has 0 bridgehead atoms. The molecule has 1 aromatic heterocycles. The first-order chi connectivity index (χ1) is 14.3. The topological polar surface area (TPSA) is 42.4 Å². The molecule has 1 saturated carbocycles. The summed E-state index contributed by atoms with van der Waals surface area (Å²) in [6.07, 6.45) is 12.3. The minimum atomic E-state index is 0.205. The molecular weight excluding hydrogens is 360 g/mol. The number of carbonyl (C=O) groups excluding carboxylic acids is 1. The smallest absolute Gasteiger partial charge is 0.225 e. The second kappa shape index (κ2) is 8.17. The van der Waals surface area contributed by atoms with Crippen LogP contribution >= 0.6 is 0 Å². The summed E-state index contributed by atoms with van der Waals surface area (Å²) in [5, 5.41) is 0. The molecular formula is C25H30N2O2. The molecule has 1 aliphatic heterocycles. The van der Waals surface area contributed by atoms with E-state index in [-0.39, 0.29) is 6.10 Å². The summed E-state index contributed by atoms with van der Waals surface area (Å²) in [5.41, 5.74) is 5.08. The van der Waals surface area contributed by atoms with Crippen LogP contribution in [0, 0.1) is 5.92 Å². The Kier molecular flexibility index (Phi) is 5.26. The molecule has 1 aromatic carbocycles. The molecule has 2 heterocycles. The van der Waals surface area contributed by atoms with Gasteiger partial charge in [0.2, 0.25) is 5.91 Å². The zero-order valence-corrected chi connectivity index (χ0v) is 17.1. The maximum atomic E-state index is 12.4. The van der Waals surface area contributed by atoms with E-state index in [1.807, 2.05) is 6.20 Å². The summed E-state index contributed by atoms with van der Waals surface area (Å²) in [7, 11) is 0. The van der Waals surface area contributed by atoms with Crippen molar-refractivity contribution < 1.29 is 9.53 Å². The fraction of sp³-hybridized carbons (Fsp3) is 0.520. The molecule has 0 atom stereocenters. The van der Waals surface area contributed by atoms with E-state index in [2.05, 4.69) is 35.2 Å². The van der Waals surface area contributed by atoms with Crippen molar-refractivity contribution in [1.29, 1.82) is 0 Å². The Labute approximate surface area is 173 Å². The fourth-order valence-electron chi connectivity index (χ4n) is 4.77. The standard InChI is InChI=1S/C25H30N2O2/c28-25(19-5-3-6-19)27-14-12-23(13-15-27)29-22-10-8-18(9-11-22)21-16-20-4-1-2-7-24(20)26-17-21/h8-11,16-17,19,23H,1-7,12-15H2. The molecule has 3 aliphatic rings. The third-order valence-electron chi connectivity index (χ3n) is 6.87. The van der Waals surface area contributed by atoms with Gasteiger partial charge in [-0.25, -0.2) is 0 Å². The molecule has 2 aliphatic carbocycles. The van der Waals surface area contributed by atoms with Crippen LogP contribution in [-0.4, -0.2) is 35.0 Å². The average Bonchev–Trinajstić information content (AvgIpc) is 2.73. The Bertz CT molecular complexity index is 865. The van der Waals surface area contributed by atoms with Crippen molar-refractivity contribution in [1.82, 2.24) is 9.88 Å². The lowest BCUT2D eigenvalue weighted by molar-refractivity contribution is -0.140. The Hall–Kier alpha value is -2.36. The van der Waals surface area contributed by atoms with Crippen molar-refractivity contribution in [2.75, 3.05) is 13.1 Å². The first kappa shape index (κ1) is 18.7. The van der Waals surface area contributed by atoms with Crippen LogP contribution in [0.15, 0.2) is 36.5 Å². The van der Waals surface area contributed by atoms with Gasteiger partial charge in [-0.05, 0) is 67.9 Å². The van der Waals surface area contributed by atoms with E-state index in [0.29, 0.717) is 11.8 Å². The number of aryl methyl sites for hydroxylation is 2. The van der Waals surface area contributed by atoms with Gasteiger partial charge in [0.15, 0.2) is 0 Å². The van der Waals surface area contributed by atoms with Crippen LogP contribution in [0.3, 0.4) is 0 Å². The number of aromatic nitrogens is 1. The molecule has 0 N–H and O–H groups in total. The fourth-order valence-corrected chi connectivity index (χ4v) is 4.77. The quantitative estimate of drug-likeness (QED) is 0.753. The van der Waals surface area contributed by atoms with Gasteiger partial charge in [0.05, 0.1) is 0 Å². The number of likely N-dealkylation sites (tertiary alicyclic amines) is 1. The van der Waals surface area contributed by atoms with Crippen LogP contribution in [0.25, 0.3) is 11.1 Å². The predicted octanol–water partition coefficient (Wildman–Crippen LogP) is 4.80. The van der Waals surface area contributed by atoms with E-state index in [0.717, 1.165) is 57.4 Å². The van der Waals surface area contributed by atoms with Crippen LogP contribution < -0.4 is 4.74 Å². The van der Waals surface area contributed by atoms with E-state index in [9.17, 15) is 4.79 Å². The van der Waals surface area contributed by atoms with Crippen LogP contribution in [0.5, 0.6) is 5.75 Å². The third-order valence-corrected chi connectivity index (χ3v) is 6.87. The lowest BCUT2D eigenvalue weighted by atomic mass is 9.84. The number of amides is 1. The van der Waals surface area contributed by atoms with Crippen LogP contribution in [0.1, 0.15) is 56.2 Å². The molecule has 152 valence electrons. The summed E-state index contributed by atoms with van der Waals surface area (Å²) < 4.78 is 6.21.